The first-order valence-electron chi connectivity index (χ1n) is 5.67. The lowest BCUT2D eigenvalue weighted by Gasteiger charge is -2.34. The number of nitrogens with zero attached hydrogens (tertiary/aromatic N) is 1. The van der Waals surface area contributed by atoms with Crippen LogP contribution in [0.3, 0.4) is 0 Å². The quantitative estimate of drug-likeness (QED) is 0.800. The number of carbonyl (C=O) groups is 1. The zero-order chi connectivity index (χ0) is 13.3. The summed E-state index contributed by atoms with van der Waals surface area (Å²) < 4.78 is 14.3. The number of hydrogen-bond acceptors (Lipinski definition) is 2. The molecule has 0 bridgehead atoms. The zero-order valence-corrected chi connectivity index (χ0v) is 12.2. The van der Waals surface area contributed by atoms with Gasteiger partial charge in [0.2, 0.25) is 0 Å². The Morgan fingerprint density at radius 2 is 2.33 bits per heavy atom. The molecule has 18 heavy (non-hydrogen) atoms. The van der Waals surface area contributed by atoms with E-state index in [1.54, 1.807) is 4.90 Å². The molecule has 0 unspecified atom stereocenters. The van der Waals surface area contributed by atoms with Crippen molar-refractivity contribution in [1.82, 2.24) is 10.2 Å². The van der Waals surface area contributed by atoms with Crippen molar-refractivity contribution in [3.8, 4) is 0 Å². The fraction of sp³-hybridized carbons (Fsp3) is 0.417. The molecule has 1 fully saturated rings. The number of benzene rings is 1. The van der Waals surface area contributed by atoms with Gasteiger partial charge in [0.25, 0.3) is 5.91 Å². The van der Waals surface area contributed by atoms with Gasteiger partial charge in [-0.3, -0.25) is 4.79 Å². The number of piperazine rings is 1. The van der Waals surface area contributed by atoms with Crippen LogP contribution in [0.2, 0.25) is 5.02 Å². The molecule has 2 rings (SSSR count). The normalized spacial score (nSPS) is 20.0. The summed E-state index contributed by atoms with van der Waals surface area (Å²) in [4.78, 5) is 13.9. The molecule has 1 aromatic carbocycles. The predicted octanol–water partition coefficient (Wildman–Crippen LogP) is 2.68. The molecule has 3 nitrogen and oxygen atoms in total. The minimum absolute atomic E-state index is 0.0250. The molecular weight excluding hydrogens is 323 g/mol. The van der Waals surface area contributed by atoms with E-state index in [4.69, 9.17) is 11.6 Å². The molecule has 1 aliphatic rings. The van der Waals surface area contributed by atoms with Crippen LogP contribution in [0, 0.1) is 5.82 Å². The summed E-state index contributed by atoms with van der Waals surface area (Å²) in [5.74, 6) is -0.863. The van der Waals surface area contributed by atoms with Crippen LogP contribution in [0.1, 0.15) is 17.3 Å². The lowest BCUT2D eigenvalue weighted by atomic mass is 10.1. The Bertz CT molecular complexity index is 483. The van der Waals surface area contributed by atoms with E-state index in [1.165, 1.54) is 12.1 Å². The first kappa shape index (κ1) is 13.8. The lowest BCUT2D eigenvalue weighted by Crippen LogP contribution is -2.52. The lowest BCUT2D eigenvalue weighted by molar-refractivity contribution is 0.0651. The Labute approximate surface area is 118 Å². The van der Waals surface area contributed by atoms with Crippen LogP contribution in [0.5, 0.6) is 0 Å². The maximum Gasteiger partial charge on any atom is 0.257 e. The number of carbonyl (C=O) groups excluding carboxylic acids is 1. The molecule has 0 radical (unpaired) electrons. The van der Waals surface area contributed by atoms with Gasteiger partial charge in [-0.1, -0.05) is 11.6 Å². The molecule has 1 aromatic rings. The van der Waals surface area contributed by atoms with Crippen molar-refractivity contribution in [2.24, 2.45) is 0 Å². The highest BCUT2D eigenvalue weighted by molar-refractivity contribution is 9.10. The molecule has 1 amide bonds. The third-order valence-corrected chi connectivity index (χ3v) is 4.20. The Morgan fingerprint density at radius 1 is 1.61 bits per heavy atom. The summed E-state index contributed by atoms with van der Waals surface area (Å²) in [6.07, 6.45) is 0. The van der Waals surface area contributed by atoms with Gasteiger partial charge in [0.15, 0.2) is 0 Å². The smallest absolute Gasteiger partial charge is 0.257 e. The molecule has 1 heterocycles. The summed E-state index contributed by atoms with van der Waals surface area (Å²) in [7, 11) is 0. The van der Waals surface area contributed by atoms with Crippen LogP contribution >= 0.6 is 27.5 Å². The predicted molar refractivity (Wildman–Crippen MR) is 72.5 cm³/mol. The largest absolute Gasteiger partial charge is 0.333 e. The number of halogens is 3. The molecule has 1 N–H and O–H groups in total. The van der Waals surface area contributed by atoms with Crippen molar-refractivity contribution in [3.63, 3.8) is 0 Å². The van der Waals surface area contributed by atoms with Crippen LogP contribution in [0.25, 0.3) is 0 Å². The Balaban J connectivity index is 2.30. The summed E-state index contributed by atoms with van der Waals surface area (Å²) in [5, 5.41) is 3.52. The van der Waals surface area contributed by atoms with Gasteiger partial charge in [-0.15, -0.1) is 0 Å². The first-order valence-corrected chi connectivity index (χ1v) is 6.84. The van der Waals surface area contributed by atoms with E-state index in [1.807, 2.05) is 6.92 Å². The van der Waals surface area contributed by atoms with E-state index in [0.29, 0.717) is 16.0 Å². The molecule has 0 aliphatic carbocycles. The maximum atomic E-state index is 13.8. The second-order valence-corrected chi connectivity index (χ2v) is 5.56. The standard InChI is InChI=1S/C12H13BrClFN2O/c1-7-6-16-2-3-17(7)12(18)8-4-10(14)9(13)5-11(8)15/h4-5,7,16H,2-3,6H2,1H3/t7-/m0/s1. The van der Waals surface area contributed by atoms with Gasteiger partial charge in [-0.25, -0.2) is 4.39 Å². The highest BCUT2D eigenvalue weighted by Crippen LogP contribution is 2.26. The van der Waals surface area contributed by atoms with Crippen molar-refractivity contribution < 1.29 is 9.18 Å². The minimum atomic E-state index is -0.554. The summed E-state index contributed by atoms with van der Waals surface area (Å²) >= 11 is 9.04. The van der Waals surface area contributed by atoms with Gasteiger partial charge in [-0.2, -0.15) is 0 Å². The van der Waals surface area contributed by atoms with E-state index >= 15 is 0 Å². The summed E-state index contributed by atoms with van der Waals surface area (Å²) in [6.45, 7) is 3.95. The fourth-order valence-electron chi connectivity index (χ4n) is 1.98. The van der Waals surface area contributed by atoms with E-state index < -0.39 is 5.82 Å². The van der Waals surface area contributed by atoms with Crippen molar-refractivity contribution in [2.75, 3.05) is 19.6 Å². The van der Waals surface area contributed by atoms with Gasteiger partial charge in [0.1, 0.15) is 5.82 Å². The van der Waals surface area contributed by atoms with Gasteiger partial charge >= 0.3 is 0 Å². The third kappa shape index (κ3) is 2.68. The second-order valence-electron chi connectivity index (χ2n) is 4.30. The molecule has 1 saturated heterocycles. The van der Waals surface area contributed by atoms with Gasteiger partial charge in [0, 0.05) is 30.1 Å². The summed E-state index contributed by atoms with van der Waals surface area (Å²) in [6, 6.07) is 2.65. The number of hydrogen-bond donors (Lipinski definition) is 1. The van der Waals surface area contributed by atoms with E-state index in [0.717, 1.165) is 13.1 Å². The number of amides is 1. The monoisotopic (exact) mass is 334 g/mol. The number of rotatable bonds is 1. The van der Waals surface area contributed by atoms with Crippen molar-refractivity contribution in [1.29, 1.82) is 0 Å². The molecule has 98 valence electrons. The Morgan fingerprint density at radius 3 is 3.00 bits per heavy atom. The van der Waals surface area contributed by atoms with Crippen molar-refractivity contribution in [3.05, 3.63) is 33.0 Å². The molecule has 1 atom stereocenters. The average Bonchev–Trinajstić information content (AvgIpc) is 2.33. The topological polar surface area (TPSA) is 32.3 Å². The molecule has 1 aliphatic heterocycles. The van der Waals surface area contributed by atoms with E-state index in [9.17, 15) is 9.18 Å². The molecule has 0 aromatic heterocycles. The third-order valence-electron chi connectivity index (χ3n) is 3.00. The molecule has 0 spiro atoms. The Hall–Kier alpha value is -0.650. The minimum Gasteiger partial charge on any atom is -0.333 e. The zero-order valence-electron chi connectivity index (χ0n) is 9.84. The van der Waals surface area contributed by atoms with Gasteiger partial charge in [0.05, 0.1) is 10.6 Å². The van der Waals surface area contributed by atoms with E-state index in [2.05, 4.69) is 21.2 Å². The SMILES string of the molecule is C[C@H]1CNCCN1C(=O)c1cc(Cl)c(Br)cc1F. The van der Waals surface area contributed by atoms with Crippen LogP contribution < -0.4 is 5.32 Å². The van der Waals surface area contributed by atoms with Crippen LogP contribution in [-0.4, -0.2) is 36.5 Å². The van der Waals surface area contributed by atoms with Crippen LogP contribution in [-0.2, 0) is 0 Å². The highest BCUT2D eigenvalue weighted by Gasteiger charge is 2.26. The first-order chi connectivity index (χ1) is 8.50. The number of nitrogens with one attached hydrogen (secondary N) is 1. The molecule has 0 saturated carbocycles. The van der Waals surface area contributed by atoms with Crippen molar-refractivity contribution >= 4 is 33.4 Å². The average molecular weight is 336 g/mol. The van der Waals surface area contributed by atoms with Crippen molar-refractivity contribution in [2.45, 2.75) is 13.0 Å². The maximum absolute atomic E-state index is 13.8. The van der Waals surface area contributed by atoms with Crippen LogP contribution in [0.15, 0.2) is 16.6 Å². The molecule has 6 heteroatoms. The van der Waals surface area contributed by atoms with Crippen LogP contribution in [0.4, 0.5) is 4.39 Å². The van der Waals surface area contributed by atoms with E-state index in [-0.39, 0.29) is 17.5 Å². The van der Waals surface area contributed by atoms with Gasteiger partial charge in [-0.05, 0) is 35.0 Å². The fourth-order valence-corrected chi connectivity index (χ4v) is 2.46. The van der Waals surface area contributed by atoms with Gasteiger partial charge < -0.3 is 10.2 Å². The summed E-state index contributed by atoms with van der Waals surface area (Å²) in [5.41, 5.74) is 0.0250. The molecular formula is C12H13BrClFN2O. The highest BCUT2D eigenvalue weighted by atomic mass is 79.9. The second kappa shape index (κ2) is 5.55. The Kier molecular flexibility index (Phi) is 4.25.